The normalized spacial score (nSPS) is 18.2. The number of nitrogens with zero attached hydrogens (tertiary/aromatic N) is 2. The average molecular weight is 546 g/mol. The van der Waals surface area contributed by atoms with Gasteiger partial charge < -0.3 is 20.1 Å². The summed E-state index contributed by atoms with van der Waals surface area (Å²) in [6, 6.07) is 12.7. The van der Waals surface area contributed by atoms with E-state index in [9.17, 15) is 22.8 Å². The minimum atomic E-state index is -4.46. The molecule has 2 aliphatic rings. The van der Waals surface area contributed by atoms with E-state index < -0.39 is 29.4 Å². The molecule has 2 N–H and O–H groups in total. The number of carbonyl (C=O) groups is 2. The molecule has 5 rings (SSSR count). The van der Waals surface area contributed by atoms with Gasteiger partial charge in [-0.25, -0.2) is 9.78 Å². The minimum absolute atomic E-state index is 0.123. The van der Waals surface area contributed by atoms with Crippen LogP contribution in [0, 0.1) is 0 Å². The lowest BCUT2D eigenvalue weighted by Crippen LogP contribution is -2.36. The number of aromatic nitrogens is 1. The van der Waals surface area contributed by atoms with E-state index in [-0.39, 0.29) is 27.8 Å². The van der Waals surface area contributed by atoms with Gasteiger partial charge in [-0.1, -0.05) is 29.8 Å². The first kappa shape index (κ1) is 25.8. The van der Waals surface area contributed by atoms with Crippen LogP contribution < -0.4 is 15.0 Å². The summed E-state index contributed by atoms with van der Waals surface area (Å²) in [5.41, 5.74) is -0.148. The number of rotatable bonds is 7. The van der Waals surface area contributed by atoms with Crippen LogP contribution in [-0.2, 0) is 11.7 Å². The van der Waals surface area contributed by atoms with Crippen LogP contribution in [0.15, 0.2) is 60.8 Å². The van der Waals surface area contributed by atoms with Crippen LogP contribution >= 0.6 is 11.6 Å². The molecule has 2 fully saturated rings. The van der Waals surface area contributed by atoms with Crippen LogP contribution in [-0.4, -0.2) is 41.2 Å². The number of carbonyl (C=O) groups excluding carboxylic acids is 1. The highest BCUT2D eigenvalue weighted by atomic mass is 35.5. The monoisotopic (exact) mass is 545 g/mol. The molecule has 1 saturated heterocycles. The zero-order valence-corrected chi connectivity index (χ0v) is 20.7. The molecule has 3 aromatic rings. The maximum atomic E-state index is 13.4. The number of amides is 1. The number of nitrogens with one attached hydrogen (secondary N) is 1. The van der Waals surface area contributed by atoms with E-state index >= 15 is 0 Å². The number of carboxylic acid groups (broad SMARTS) is 1. The Morgan fingerprint density at radius 1 is 1.13 bits per heavy atom. The number of aromatic carboxylic acids is 1. The maximum Gasteiger partial charge on any atom is 0.416 e. The summed E-state index contributed by atoms with van der Waals surface area (Å²) < 4.78 is 45.0. The standard InChI is InChI=1S/C27H23ClF3N3O4/c28-19-13-22(24(35)33-26(9-10-26)17-6-4-16(5-7-17)25(36)37)23(32-14-19)34-11-8-21(15-34)38-20-3-1-2-18(12-20)27(29,30)31/h1-7,12-14,21H,8-11,15H2,(H,33,35)(H,36,37). The van der Waals surface area contributed by atoms with E-state index in [1.54, 1.807) is 12.1 Å². The first-order chi connectivity index (χ1) is 18.0. The summed E-state index contributed by atoms with van der Waals surface area (Å²) in [5, 5.41) is 12.5. The van der Waals surface area contributed by atoms with Gasteiger partial charge in [-0.3, -0.25) is 4.79 Å². The van der Waals surface area contributed by atoms with Gasteiger partial charge in [0.15, 0.2) is 0 Å². The first-order valence-corrected chi connectivity index (χ1v) is 12.3. The van der Waals surface area contributed by atoms with E-state index in [0.29, 0.717) is 38.2 Å². The highest BCUT2D eigenvalue weighted by Crippen LogP contribution is 2.46. The molecule has 1 amide bonds. The number of benzene rings is 2. The van der Waals surface area contributed by atoms with Crippen LogP contribution in [0.2, 0.25) is 5.02 Å². The fourth-order valence-electron chi connectivity index (χ4n) is 4.63. The van der Waals surface area contributed by atoms with Crippen LogP contribution in [0.1, 0.15) is 51.1 Å². The number of alkyl halides is 3. The number of ether oxygens (including phenoxy) is 1. The summed E-state index contributed by atoms with van der Waals surface area (Å²) >= 11 is 6.17. The van der Waals surface area contributed by atoms with Crippen molar-refractivity contribution in [2.24, 2.45) is 0 Å². The molecule has 38 heavy (non-hydrogen) atoms. The van der Waals surface area contributed by atoms with Gasteiger partial charge in [0.25, 0.3) is 5.91 Å². The Morgan fingerprint density at radius 3 is 2.53 bits per heavy atom. The lowest BCUT2D eigenvalue weighted by molar-refractivity contribution is -0.137. The molecule has 1 saturated carbocycles. The Hall–Kier alpha value is -3.79. The molecular formula is C27H23ClF3N3O4. The quantitative estimate of drug-likeness (QED) is 0.406. The molecule has 2 heterocycles. The largest absolute Gasteiger partial charge is 0.489 e. The van der Waals surface area contributed by atoms with Gasteiger partial charge in [0.2, 0.25) is 0 Å². The van der Waals surface area contributed by atoms with E-state index in [2.05, 4.69) is 10.3 Å². The summed E-state index contributed by atoms with van der Waals surface area (Å²) in [4.78, 5) is 30.8. The van der Waals surface area contributed by atoms with Gasteiger partial charge >= 0.3 is 12.1 Å². The SMILES string of the molecule is O=C(O)c1ccc(C2(NC(=O)c3cc(Cl)cnc3N3CCC(Oc4cccc(C(F)(F)F)c4)C3)CC2)cc1. The number of halogens is 4. The number of hydrogen-bond donors (Lipinski definition) is 2. The predicted molar refractivity (Wildman–Crippen MR) is 134 cm³/mol. The van der Waals surface area contributed by atoms with E-state index in [1.165, 1.54) is 36.5 Å². The van der Waals surface area contributed by atoms with Crippen molar-refractivity contribution in [2.45, 2.75) is 37.1 Å². The van der Waals surface area contributed by atoms with Crippen molar-refractivity contribution < 1.29 is 32.6 Å². The van der Waals surface area contributed by atoms with Crippen molar-refractivity contribution >= 4 is 29.3 Å². The Kier molecular flexibility index (Phi) is 6.68. The van der Waals surface area contributed by atoms with Crippen molar-refractivity contribution in [3.8, 4) is 5.75 Å². The second-order valence-electron chi connectivity index (χ2n) is 9.44. The zero-order valence-electron chi connectivity index (χ0n) is 20.0. The lowest BCUT2D eigenvalue weighted by atomic mass is 10.0. The number of carboxylic acids is 1. The third-order valence-corrected chi connectivity index (χ3v) is 6.98. The predicted octanol–water partition coefficient (Wildman–Crippen LogP) is 5.53. The number of pyridine rings is 1. The Morgan fingerprint density at radius 2 is 1.87 bits per heavy atom. The molecule has 1 aliphatic heterocycles. The van der Waals surface area contributed by atoms with Crippen molar-refractivity contribution in [3.05, 3.63) is 88.1 Å². The summed E-state index contributed by atoms with van der Waals surface area (Å²) in [6.45, 7) is 0.813. The van der Waals surface area contributed by atoms with E-state index in [0.717, 1.165) is 17.7 Å². The van der Waals surface area contributed by atoms with E-state index in [1.807, 2.05) is 4.90 Å². The fraction of sp³-hybridized carbons (Fsp3) is 0.296. The molecule has 198 valence electrons. The molecule has 1 aliphatic carbocycles. The number of anilines is 1. The number of hydrogen-bond acceptors (Lipinski definition) is 5. The third kappa shape index (κ3) is 5.40. The molecule has 11 heteroatoms. The summed E-state index contributed by atoms with van der Waals surface area (Å²) in [6.07, 6.45) is -1.49. The van der Waals surface area contributed by atoms with Gasteiger partial charge in [0.05, 0.1) is 33.8 Å². The van der Waals surface area contributed by atoms with Crippen molar-refractivity contribution in [1.82, 2.24) is 10.3 Å². The topological polar surface area (TPSA) is 91.8 Å². The van der Waals surface area contributed by atoms with Crippen LogP contribution in [0.5, 0.6) is 5.75 Å². The zero-order chi connectivity index (χ0) is 27.1. The molecule has 2 aromatic carbocycles. The lowest BCUT2D eigenvalue weighted by Gasteiger charge is -2.23. The Labute approximate surface area is 221 Å². The Bertz CT molecular complexity index is 1380. The molecule has 1 aromatic heterocycles. The van der Waals surface area contributed by atoms with Crippen molar-refractivity contribution in [3.63, 3.8) is 0 Å². The van der Waals surface area contributed by atoms with Gasteiger partial charge in [0.1, 0.15) is 17.7 Å². The molecule has 0 radical (unpaired) electrons. The minimum Gasteiger partial charge on any atom is -0.489 e. The van der Waals surface area contributed by atoms with Gasteiger partial charge in [0, 0.05) is 19.2 Å². The molecular weight excluding hydrogens is 523 g/mol. The highest BCUT2D eigenvalue weighted by Gasteiger charge is 2.46. The average Bonchev–Trinajstić information content (AvgIpc) is 3.52. The summed E-state index contributed by atoms with van der Waals surface area (Å²) in [5.74, 6) is -0.879. The van der Waals surface area contributed by atoms with E-state index in [4.69, 9.17) is 21.4 Å². The highest BCUT2D eigenvalue weighted by molar-refractivity contribution is 6.31. The van der Waals surface area contributed by atoms with Crippen LogP contribution in [0.25, 0.3) is 0 Å². The second-order valence-corrected chi connectivity index (χ2v) is 9.88. The Balaban J connectivity index is 1.31. The molecule has 1 unspecified atom stereocenters. The first-order valence-electron chi connectivity index (χ1n) is 11.9. The van der Waals surface area contributed by atoms with Crippen molar-refractivity contribution in [1.29, 1.82) is 0 Å². The second kappa shape index (κ2) is 9.83. The van der Waals surface area contributed by atoms with Crippen LogP contribution in [0.3, 0.4) is 0 Å². The van der Waals surface area contributed by atoms with Gasteiger partial charge in [-0.2, -0.15) is 13.2 Å². The molecule has 1 atom stereocenters. The van der Waals surface area contributed by atoms with Gasteiger partial charge in [-0.15, -0.1) is 0 Å². The van der Waals surface area contributed by atoms with Crippen molar-refractivity contribution in [2.75, 3.05) is 18.0 Å². The molecule has 0 spiro atoms. The third-order valence-electron chi connectivity index (χ3n) is 6.77. The fourth-order valence-corrected chi connectivity index (χ4v) is 4.79. The molecule has 7 nitrogen and oxygen atoms in total. The smallest absolute Gasteiger partial charge is 0.416 e. The van der Waals surface area contributed by atoms with Crippen LogP contribution in [0.4, 0.5) is 19.0 Å². The molecule has 0 bridgehead atoms. The maximum absolute atomic E-state index is 13.4. The summed E-state index contributed by atoms with van der Waals surface area (Å²) in [7, 11) is 0. The van der Waals surface area contributed by atoms with Gasteiger partial charge in [-0.05, 0) is 54.8 Å².